The van der Waals surface area contributed by atoms with E-state index >= 15 is 0 Å². The van der Waals surface area contributed by atoms with Gasteiger partial charge in [0.05, 0.1) is 0 Å². The Morgan fingerprint density at radius 2 is 1.73 bits per heavy atom. The third kappa shape index (κ3) is 2.37. The summed E-state index contributed by atoms with van der Waals surface area (Å²) in [5.41, 5.74) is 0.769. The first kappa shape index (κ1) is 15.7. The second-order valence-corrected chi connectivity index (χ2v) is 7.84. The van der Waals surface area contributed by atoms with Crippen LogP contribution in [-0.4, -0.2) is 23.6 Å². The van der Waals surface area contributed by atoms with E-state index in [4.69, 9.17) is 9.84 Å². The first-order valence-corrected chi connectivity index (χ1v) is 9.30. The molecule has 5 nitrogen and oxygen atoms in total. The Morgan fingerprint density at radius 3 is 2.42 bits per heavy atom. The minimum absolute atomic E-state index is 0.140. The number of fused-ring (bicyclic) bond motifs is 6. The van der Waals surface area contributed by atoms with E-state index in [2.05, 4.69) is 5.32 Å². The van der Waals surface area contributed by atoms with Crippen molar-refractivity contribution < 1.29 is 19.4 Å². The molecule has 2 aromatic rings. The number of amides is 1. The van der Waals surface area contributed by atoms with Crippen LogP contribution < -0.4 is 10.1 Å². The molecule has 3 fully saturated rings. The van der Waals surface area contributed by atoms with Crippen LogP contribution in [0.15, 0.2) is 36.4 Å². The van der Waals surface area contributed by atoms with E-state index < -0.39 is 5.97 Å². The lowest BCUT2D eigenvalue weighted by Crippen LogP contribution is -2.18. The number of hydrogen-bond donors (Lipinski definition) is 2. The number of benzene rings is 2. The molecule has 0 radical (unpaired) electrons. The minimum Gasteiger partial charge on any atom is -0.481 e. The summed E-state index contributed by atoms with van der Waals surface area (Å²) in [7, 11) is 0. The third-order valence-corrected chi connectivity index (χ3v) is 6.53. The van der Waals surface area contributed by atoms with Crippen LogP contribution >= 0.6 is 0 Å². The number of aliphatic carboxylic acids is 1. The molecule has 5 heteroatoms. The summed E-state index contributed by atoms with van der Waals surface area (Å²) in [6, 6.07) is 11.1. The van der Waals surface area contributed by atoms with Crippen molar-refractivity contribution in [2.45, 2.75) is 19.3 Å². The quantitative estimate of drug-likeness (QED) is 0.864. The molecule has 0 aliphatic heterocycles. The van der Waals surface area contributed by atoms with Crippen LogP contribution in [0.4, 0.5) is 5.69 Å². The topological polar surface area (TPSA) is 75.6 Å². The zero-order valence-electron chi connectivity index (χ0n) is 14.4. The van der Waals surface area contributed by atoms with Crippen LogP contribution in [0.2, 0.25) is 0 Å². The minimum atomic E-state index is -1.01. The number of carboxylic acids is 1. The van der Waals surface area contributed by atoms with Crippen molar-refractivity contribution in [1.82, 2.24) is 0 Å². The predicted molar refractivity (Wildman–Crippen MR) is 97.0 cm³/mol. The smallest absolute Gasteiger partial charge is 0.341 e. The molecule has 2 N–H and O–H groups in total. The van der Waals surface area contributed by atoms with Crippen LogP contribution in [0.3, 0.4) is 0 Å². The zero-order valence-corrected chi connectivity index (χ0v) is 14.4. The molecular weight excluding hydrogens is 330 g/mol. The molecule has 26 heavy (non-hydrogen) atoms. The van der Waals surface area contributed by atoms with E-state index in [-0.39, 0.29) is 18.4 Å². The molecule has 2 aromatic carbocycles. The average Bonchev–Trinajstić information content (AvgIpc) is 3.09. The second kappa shape index (κ2) is 5.73. The van der Waals surface area contributed by atoms with Gasteiger partial charge < -0.3 is 15.2 Å². The number of rotatable bonds is 5. The van der Waals surface area contributed by atoms with Gasteiger partial charge in [0.15, 0.2) is 6.61 Å². The highest BCUT2D eigenvalue weighted by Gasteiger charge is 2.67. The van der Waals surface area contributed by atoms with Crippen molar-refractivity contribution in [3.8, 4) is 5.75 Å². The van der Waals surface area contributed by atoms with E-state index in [1.54, 1.807) is 6.07 Å². The van der Waals surface area contributed by atoms with Gasteiger partial charge in [0.25, 0.3) is 0 Å². The molecule has 3 aliphatic carbocycles. The van der Waals surface area contributed by atoms with Gasteiger partial charge in [-0.2, -0.15) is 0 Å². The van der Waals surface area contributed by atoms with Crippen molar-refractivity contribution in [2.75, 3.05) is 11.9 Å². The lowest BCUT2D eigenvalue weighted by molar-refractivity contribution is -0.139. The Bertz CT molecular complexity index is 892. The van der Waals surface area contributed by atoms with Gasteiger partial charge in [-0.15, -0.1) is 0 Å². The van der Waals surface area contributed by atoms with Crippen molar-refractivity contribution in [3.63, 3.8) is 0 Å². The SMILES string of the molecule is O=C(O)COc1ccc(NC(=O)C2C3C4CCC(C4)C23)c2ccccc12. The van der Waals surface area contributed by atoms with E-state index in [0.717, 1.165) is 28.3 Å². The van der Waals surface area contributed by atoms with Crippen LogP contribution in [0.1, 0.15) is 19.3 Å². The average molecular weight is 351 g/mol. The highest BCUT2D eigenvalue weighted by molar-refractivity contribution is 6.05. The summed E-state index contributed by atoms with van der Waals surface area (Å²) in [6.45, 7) is -0.385. The fourth-order valence-electron chi connectivity index (χ4n) is 5.54. The van der Waals surface area contributed by atoms with Crippen LogP contribution in [0, 0.1) is 29.6 Å². The second-order valence-electron chi connectivity index (χ2n) is 7.84. The molecule has 0 aromatic heterocycles. The summed E-state index contributed by atoms with van der Waals surface area (Å²) < 4.78 is 5.39. The summed E-state index contributed by atoms with van der Waals surface area (Å²) >= 11 is 0. The van der Waals surface area contributed by atoms with Gasteiger partial charge in [0, 0.05) is 22.4 Å². The van der Waals surface area contributed by atoms with Gasteiger partial charge in [-0.3, -0.25) is 4.79 Å². The Labute approximate surface area is 151 Å². The molecule has 0 saturated heterocycles. The monoisotopic (exact) mass is 351 g/mol. The molecule has 134 valence electrons. The summed E-state index contributed by atoms with van der Waals surface area (Å²) in [6.07, 6.45) is 3.93. The summed E-state index contributed by atoms with van der Waals surface area (Å²) in [4.78, 5) is 23.6. The molecule has 3 saturated carbocycles. The molecule has 2 bridgehead atoms. The maximum Gasteiger partial charge on any atom is 0.341 e. The lowest BCUT2D eigenvalue weighted by atomic mass is 10.0. The Morgan fingerprint density at radius 1 is 1.04 bits per heavy atom. The van der Waals surface area contributed by atoms with Crippen LogP contribution in [0.25, 0.3) is 10.8 Å². The number of carbonyl (C=O) groups is 2. The fourth-order valence-corrected chi connectivity index (χ4v) is 5.54. The first-order chi connectivity index (χ1) is 12.6. The molecule has 4 atom stereocenters. The Kier molecular flexibility index (Phi) is 3.45. The van der Waals surface area contributed by atoms with Crippen molar-refractivity contribution >= 4 is 28.3 Å². The van der Waals surface area contributed by atoms with Crippen molar-refractivity contribution in [1.29, 1.82) is 0 Å². The summed E-state index contributed by atoms with van der Waals surface area (Å²) in [5.74, 6) is 2.58. The van der Waals surface area contributed by atoms with E-state index in [1.165, 1.54) is 19.3 Å². The van der Waals surface area contributed by atoms with Gasteiger partial charge in [-0.25, -0.2) is 4.79 Å². The van der Waals surface area contributed by atoms with Crippen molar-refractivity contribution in [3.05, 3.63) is 36.4 Å². The molecule has 1 amide bonds. The number of carboxylic acid groups (broad SMARTS) is 1. The zero-order chi connectivity index (χ0) is 17.8. The summed E-state index contributed by atoms with van der Waals surface area (Å²) in [5, 5.41) is 13.6. The fraction of sp³-hybridized carbons (Fsp3) is 0.429. The highest BCUT2D eigenvalue weighted by atomic mass is 16.5. The van der Waals surface area contributed by atoms with Gasteiger partial charge in [0.1, 0.15) is 5.75 Å². The number of carbonyl (C=O) groups excluding carboxylic acids is 1. The third-order valence-electron chi connectivity index (χ3n) is 6.53. The van der Waals surface area contributed by atoms with E-state index in [9.17, 15) is 9.59 Å². The van der Waals surface area contributed by atoms with Gasteiger partial charge >= 0.3 is 5.97 Å². The normalized spacial score (nSPS) is 30.8. The first-order valence-electron chi connectivity index (χ1n) is 9.30. The number of hydrogen-bond acceptors (Lipinski definition) is 3. The van der Waals surface area contributed by atoms with Crippen LogP contribution in [0.5, 0.6) is 5.75 Å². The molecule has 0 spiro atoms. The number of nitrogens with one attached hydrogen (secondary N) is 1. The molecule has 5 rings (SSSR count). The van der Waals surface area contributed by atoms with Gasteiger partial charge in [-0.1, -0.05) is 24.3 Å². The molecular formula is C21H21NO4. The van der Waals surface area contributed by atoms with E-state index in [1.807, 2.05) is 30.3 Å². The number of ether oxygens (including phenoxy) is 1. The largest absolute Gasteiger partial charge is 0.481 e. The highest BCUT2D eigenvalue weighted by Crippen LogP contribution is 2.69. The van der Waals surface area contributed by atoms with Crippen LogP contribution in [-0.2, 0) is 9.59 Å². The molecule has 0 heterocycles. The molecule has 3 aliphatic rings. The molecule has 4 unspecified atom stereocenters. The maximum absolute atomic E-state index is 12.8. The standard InChI is InChI=1S/C21H21NO4/c23-17(24)10-26-16-8-7-15(13-3-1-2-4-14(13)16)22-21(25)20-18-11-5-6-12(9-11)19(18)20/h1-4,7-8,11-12,18-20H,5-6,9-10H2,(H,22,25)(H,23,24). The Hall–Kier alpha value is -2.56. The Balaban J connectivity index is 1.39. The van der Waals surface area contributed by atoms with Gasteiger partial charge in [0.2, 0.25) is 5.91 Å². The predicted octanol–water partition coefficient (Wildman–Crippen LogP) is 3.53. The maximum atomic E-state index is 12.8. The lowest BCUT2D eigenvalue weighted by Gasteiger charge is -2.14. The van der Waals surface area contributed by atoms with E-state index in [0.29, 0.717) is 17.6 Å². The van der Waals surface area contributed by atoms with Crippen molar-refractivity contribution in [2.24, 2.45) is 29.6 Å². The number of anilines is 1. The van der Waals surface area contributed by atoms with Gasteiger partial charge in [-0.05, 0) is 55.1 Å².